The molecule has 9 heteroatoms. The van der Waals surface area contributed by atoms with Crippen LogP contribution in [0.3, 0.4) is 0 Å². The van der Waals surface area contributed by atoms with E-state index >= 15 is 0 Å². The average Bonchev–Trinajstić information content (AvgIpc) is 2.01. The number of alkyl halides is 4. The summed E-state index contributed by atoms with van der Waals surface area (Å²) in [7, 11) is 0. The average molecular weight is 239 g/mol. The fourth-order valence-electron chi connectivity index (χ4n) is 0.476. The Hall–Kier alpha value is -0.725. The van der Waals surface area contributed by atoms with E-state index in [1.54, 1.807) is 0 Å². The van der Waals surface area contributed by atoms with Gasteiger partial charge in [0, 0.05) is 6.61 Å². The maximum atomic E-state index is 12.1. The van der Waals surface area contributed by atoms with Gasteiger partial charge in [0.1, 0.15) is 6.61 Å². The van der Waals surface area contributed by atoms with Crippen molar-refractivity contribution in [3.8, 4) is 0 Å². The van der Waals surface area contributed by atoms with E-state index in [0.29, 0.717) is 0 Å². The number of hydrogen-bond donors (Lipinski definition) is 0. The van der Waals surface area contributed by atoms with Crippen molar-refractivity contribution in [1.82, 2.24) is 0 Å². The highest BCUT2D eigenvalue weighted by Crippen LogP contribution is 2.24. The first kappa shape index (κ1) is 14.3. The Morgan fingerprint density at radius 1 is 1.27 bits per heavy atom. The van der Waals surface area contributed by atoms with E-state index in [-0.39, 0.29) is 0 Å². The molecule has 15 heavy (non-hydrogen) atoms. The van der Waals surface area contributed by atoms with Gasteiger partial charge in [-0.1, -0.05) is 0 Å². The number of hydrogen-bond acceptors (Lipinski definition) is 1. The fraction of sp³-hybridized carbons (Fsp3) is 0.667. The van der Waals surface area contributed by atoms with Crippen LogP contribution in [0.25, 0.3) is 0 Å². The van der Waals surface area contributed by atoms with Crippen molar-refractivity contribution < 1.29 is 35.2 Å². The summed E-state index contributed by atoms with van der Waals surface area (Å²) in [6.07, 6.45) is -3.97. The lowest BCUT2D eigenvalue weighted by Crippen LogP contribution is -2.33. The largest absolute Gasteiger partial charge is 0.507 e. The van der Waals surface area contributed by atoms with Crippen molar-refractivity contribution in [2.75, 3.05) is 13.2 Å². The molecule has 0 aliphatic heterocycles. The molecular formula is C6H7BF7O-. The second kappa shape index (κ2) is 4.87. The molecule has 0 aliphatic rings. The van der Waals surface area contributed by atoms with Gasteiger partial charge in [-0.2, -0.15) is 8.78 Å². The Morgan fingerprint density at radius 3 is 2.07 bits per heavy atom. The van der Waals surface area contributed by atoms with Crippen molar-refractivity contribution in [1.29, 1.82) is 0 Å². The minimum Gasteiger partial charge on any atom is -0.445 e. The fourth-order valence-corrected chi connectivity index (χ4v) is 0.476. The number of halogens is 7. The van der Waals surface area contributed by atoms with Crippen molar-refractivity contribution >= 4 is 6.98 Å². The molecule has 1 nitrogen and oxygen atoms in total. The molecule has 0 N–H and O–H groups in total. The molecule has 0 atom stereocenters. The molecule has 0 saturated heterocycles. The predicted molar refractivity (Wildman–Crippen MR) is 40.0 cm³/mol. The summed E-state index contributed by atoms with van der Waals surface area (Å²) in [5, 5.41) is 0. The summed E-state index contributed by atoms with van der Waals surface area (Å²) < 4.78 is 86.4. The van der Waals surface area contributed by atoms with Gasteiger partial charge >= 0.3 is 19.3 Å². The van der Waals surface area contributed by atoms with Gasteiger partial charge in [-0.25, -0.2) is 8.78 Å². The maximum Gasteiger partial charge on any atom is 0.507 e. The topological polar surface area (TPSA) is 9.23 Å². The molecular weight excluding hydrogens is 232 g/mol. The summed E-state index contributed by atoms with van der Waals surface area (Å²) in [5.74, 6) is -4.45. The third kappa shape index (κ3) is 5.05. The predicted octanol–water partition coefficient (Wildman–Crippen LogP) is 2.85. The molecule has 0 unspecified atom stereocenters. The number of rotatable bonds is 6. The monoisotopic (exact) mass is 239 g/mol. The maximum absolute atomic E-state index is 12.1. The zero-order valence-corrected chi connectivity index (χ0v) is 7.33. The Bertz CT molecular complexity index is 224. The van der Waals surface area contributed by atoms with Gasteiger partial charge < -0.3 is 17.7 Å². The van der Waals surface area contributed by atoms with Crippen LogP contribution >= 0.6 is 0 Å². The Labute approximate surface area is 81.0 Å². The lowest BCUT2D eigenvalue weighted by atomic mass is 9.81. The summed E-state index contributed by atoms with van der Waals surface area (Å²) in [4.78, 5) is 0. The van der Waals surface area contributed by atoms with Crippen molar-refractivity contribution in [3.05, 3.63) is 12.1 Å². The number of ether oxygens (including phenoxy) is 1. The van der Waals surface area contributed by atoms with Crippen LogP contribution in [0.15, 0.2) is 12.1 Å². The van der Waals surface area contributed by atoms with E-state index in [9.17, 15) is 30.5 Å². The zero-order chi connectivity index (χ0) is 12.3. The van der Waals surface area contributed by atoms with Gasteiger partial charge in [-0.15, -0.1) is 12.1 Å². The van der Waals surface area contributed by atoms with Gasteiger partial charge in [-0.05, 0) is 0 Å². The molecule has 0 aromatic rings. The SMILES string of the molecule is C=C(COCC(F)(F)C(F)F)[B-](F)(F)F. The Morgan fingerprint density at radius 2 is 1.73 bits per heavy atom. The van der Waals surface area contributed by atoms with Gasteiger partial charge in [0.2, 0.25) is 0 Å². The van der Waals surface area contributed by atoms with Crippen LogP contribution in [0.1, 0.15) is 0 Å². The molecule has 0 heterocycles. The second-order valence-electron chi connectivity index (χ2n) is 2.79. The van der Waals surface area contributed by atoms with Crippen LogP contribution in [0.2, 0.25) is 0 Å². The van der Waals surface area contributed by atoms with Gasteiger partial charge in [0.25, 0.3) is 0 Å². The van der Waals surface area contributed by atoms with E-state index in [1.807, 2.05) is 0 Å². The van der Waals surface area contributed by atoms with Gasteiger partial charge in [0.15, 0.2) is 0 Å². The molecule has 90 valence electrons. The van der Waals surface area contributed by atoms with Crippen LogP contribution in [0.4, 0.5) is 30.5 Å². The molecule has 0 fully saturated rings. The van der Waals surface area contributed by atoms with Crippen molar-refractivity contribution in [2.45, 2.75) is 12.3 Å². The van der Waals surface area contributed by atoms with E-state index in [4.69, 9.17) is 0 Å². The highest BCUT2D eigenvalue weighted by Gasteiger charge is 2.41. The van der Waals surface area contributed by atoms with Crippen LogP contribution in [-0.4, -0.2) is 32.5 Å². The van der Waals surface area contributed by atoms with Crippen LogP contribution in [0.5, 0.6) is 0 Å². The normalized spacial score (nSPS) is 13.3. The molecule has 0 bridgehead atoms. The zero-order valence-electron chi connectivity index (χ0n) is 7.33. The first-order valence-electron chi connectivity index (χ1n) is 3.68. The Balaban J connectivity index is 3.96. The van der Waals surface area contributed by atoms with Crippen molar-refractivity contribution in [2.24, 2.45) is 0 Å². The highest BCUT2D eigenvalue weighted by molar-refractivity contribution is 6.66. The first-order chi connectivity index (χ1) is 6.57. The third-order valence-corrected chi connectivity index (χ3v) is 1.36. The Kier molecular flexibility index (Phi) is 4.63. The molecule has 0 radical (unpaired) electrons. The molecule has 0 rings (SSSR count). The quantitative estimate of drug-likeness (QED) is 0.511. The highest BCUT2D eigenvalue weighted by atomic mass is 19.4. The molecule has 0 aromatic carbocycles. The van der Waals surface area contributed by atoms with Crippen LogP contribution < -0.4 is 0 Å². The lowest BCUT2D eigenvalue weighted by molar-refractivity contribution is -0.163. The molecule has 0 spiro atoms. The third-order valence-electron chi connectivity index (χ3n) is 1.36. The minimum atomic E-state index is -5.39. The van der Waals surface area contributed by atoms with Crippen molar-refractivity contribution in [3.63, 3.8) is 0 Å². The summed E-state index contributed by atoms with van der Waals surface area (Å²) in [5.41, 5.74) is -1.35. The van der Waals surface area contributed by atoms with E-state index in [0.717, 1.165) is 0 Å². The summed E-state index contributed by atoms with van der Waals surface area (Å²) >= 11 is 0. The molecule has 0 aliphatic carbocycles. The standard InChI is InChI=1S/C6H7BF7O/c1-4(7(12,13)14)2-15-3-6(10,11)5(8)9/h5H,1-3H2/q-1. The van der Waals surface area contributed by atoms with Gasteiger partial charge in [-0.3, -0.25) is 0 Å². The second-order valence-corrected chi connectivity index (χ2v) is 2.79. The summed E-state index contributed by atoms with van der Waals surface area (Å²) in [6, 6.07) is 0. The van der Waals surface area contributed by atoms with Gasteiger partial charge in [0.05, 0.1) is 0 Å². The van der Waals surface area contributed by atoms with E-state index in [2.05, 4.69) is 11.3 Å². The molecule has 0 aromatic heterocycles. The smallest absolute Gasteiger partial charge is 0.445 e. The molecule has 0 amide bonds. The van der Waals surface area contributed by atoms with E-state index < -0.39 is 38.0 Å². The van der Waals surface area contributed by atoms with Crippen LogP contribution in [0, 0.1) is 0 Å². The summed E-state index contributed by atoms with van der Waals surface area (Å²) in [6.45, 7) is -5.85. The van der Waals surface area contributed by atoms with Crippen LogP contribution in [-0.2, 0) is 4.74 Å². The first-order valence-corrected chi connectivity index (χ1v) is 3.68. The molecule has 0 saturated carbocycles. The van der Waals surface area contributed by atoms with E-state index in [1.165, 1.54) is 0 Å². The lowest BCUT2D eigenvalue weighted by Gasteiger charge is -2.20. The minimum absolute atomic E-state index is 1.23.